The maximum Gasteiger partial charge on any atom is 0.129 e. The second-order valence-corrected chi connectivity index (χ2v) is 4.22. The molecule has 1 nitrogen and oxygen atoms in total. The summed E-state index contributed by atoms with van der Waals surface area (Å²) < 4.78 is 1.04. The molecule has 0 saturated carbocycles. The summed E-state index contributed by atoms with van der Waals surface area (Å²) >= 11 is 11.5. The van der Waals surface area contributed by atoms with Crippen molar-refractivity contribution in [2.75, 3.05) is 0 Å². The van der Waals surface area contributed by atoms with E-state index in [2.05, 4.69) is 12.6 Å². The van der Waals surface area contributed by atoms with Gasteiger partial charge in [-0.25, -0.2) is 0 Å². The van der Waals surface area contributed by atoms with Crippen LogP contribution in [0.2, 0.25) is 5.02 Å². The van der Waals surface area contributed by atoms with Gasteiger partial charge < -0.3 is 5.11 Å². The number of benzene rings is 1. The zero-order valence-electron chi connectivity index (χ0n) is 5.91. The van der Waals surface area contributed by atoms with E-state index >= 15 is 0 Å². The van der Waals surface area contributed by atoms with Crippen molar-refractivity contribution >= 4 is 45.7 Å². The second-order valence-electron chi connectivity index (χ2n) is 2.42. The highest BCUT2D eigenvalue weighted by Crippen LogP contribution is 2.35. The fourth-order valence-corrected chi connectivity index (χ4v) is 2.49. The second kappa shape index (κ2) is 2.83. The summed E-state index contributed by atoms with van der Waals surface area (Å²) in [6, 6.07) is 3.45. The van der Waals surface area contributed by atoms with Crippen LogP contribution in [-0.2, 0) is 0 Å². The Bertz CT molecular complexity index is 436. The highest BCUT2D eigenvalue weighted by atomic mass is 35.5. The molecule has 0 fully saturated rings. The summed E-state index contributed by atoms with van der Waals surface area (Å²) in [6.07, 6.45) is 0. The van der Waals surface area contributed by atoms with Crippen molar-refractivity contribution in [3.05, 3.63) is 22.5 Å². The zero-order valence-corrected chi connectivity index (χ0v) is 8.38. The van der Waals surface area contributed by atoms with E-state index in [4.69, 9.17) is 11.6 Å². The van der Waals surface area contributed by atoms with Gasteiger partial charge in [-0.3, -0.25) is 0 Å². The number of thiophene rings is 1. The minimum atomic E-state index is 0.172. The van der Waals surface area contributed by atoms with E-state index < -0.39 is 0 Å². The van der Waals surface area contributed by atoms with Crippen molar-refractivity contribution in [1.82, 2.24) is 0 Å². The lowest BCUT2D eigenvalue weighted by Gasteiger charge is -1.96. The van der Waals surface area contributed by atoms with Gasteiger partial charge in [0.2, 0.25) is 0 Å². The fourth-order valence-electron chi connectivity index (χ4n) is 1.02. The van der Waals surface area contributed by atoms with E-state index in [0.29, 0.717) is 9.92 Å². The summed E-state index contributed by atoms with van der Waals surface area (Å²) in [7, 11) is 0. The van der Waals surface area contributed by atoms with Gasteiger partial charge in [0.05, 0.1) is 5.02 Å². The summed E-state index contributed by atoms with van der Waals surface area (Å²) in [5.74, 6) is 0.172. The van der Waals surface area contributed by atoms with Gasteiger partial charge >= 0.3 is 0 Å². The third kappa shape index (κ3) is 1.18. The molecule has 4 heteroatoms. The van der Waals surface area contributed by atoms with Gasteiger partial charge in [0.25, 0.3) is 0 Å². The van der Waals surface area contributed by atoms with Crippen LogP contribution in [0, 0.1) is 0 Å². The Kier molecular flexibility index (Phi) is 1.94. The molecular weight excluding hydrogens is 212 g/mol. The minimum absolute atomic E-state index is 0.172. The number of hydrogen-bond donors (Lipinski definition) is 2. The Morgan fingerprint density at radius 1 is 1.42 bits per heavy atom. The van der Waals surface area contributed by atoms with Gasteiger partial charge in [-0.1, -0.05) is 11.6 Å². The first-order valence-corrected chi connectivity index (χ1v) is 4.97. The van der Waals surface area contributed by atoms with Crippen LogP contribution in [0.4, 0.5) is 0 Å². The zero-order chi connectivity index (χ0) is 8.72. The van der Waals surface area contributed by atoms with Crippen LogP contribution < -0.4 is 0 Å². The summed E-state index contributed by atoms with van der Waals surface area (Å²) in [5, 5.41) is 12.7. The summed E-state index contributed by atoms with van der Waals surface area (Å²) in [4.78, 5) is 0.584. The van der Waals surface area contributed by atoms with Gasteiger partial charge in [-0.05, 0) is 12.1 Å². The van der Waals surface area contributed by atoms with Crippen molar-refractivity contribution in [2.24, 2.45) is 0 Å². The number of halogens is 1. The summed E-state index contributed by atoms with van der Waals surface area (Å²) in [6.45, 7) is 0. The van der Waals surface area contributed by atoms with Crippen molar-refractivity contribution in [3.63, 3.8) is 0 Å². The largest absolute Gasteiger partial charge is 0.507 e. The van der Waals surface area contributed by atoms with E-state index in [9.17, 15) is 5.11 Å². The van der Waals surface area contributed by atoms with E-state index in [-0.39, 0.29) is 5.75 Å². The number of rotatable bonds is 0. The fraction of sp³-hybridized carbons (Fsp3) is 0. The smallest absolute Gasteiger partial charge is 0.129 e. The monoisotopic (exact) mass is 216 g/mol. The van der Waals surface area contributed by atoms with Crippen LogP contribution in [-0.4, -0.2) is 5.11 Å². The number of phenols is 1. The Hall–Kier alpha value is -0.380. The molecule has 2 aromatic rings. The molecule has 2 rings (SSSR count). The molecule has 0 radical (unpaired) electrons. The Balaban J connectivity index is 2.87. The lowest BCUT2D eigenvalue weighted by Crippen LogP contribution is -1.69. The molecule has 1 heterocycles. The minimum Gasteiger partial charge on any atom is -0.507 e. The molecule has 0 aliphatic rings. The first-order valence-electron chi connectivity index (χ1n) is 3.27. The Morgan fingerprint density at radius 2 is 2.17 bits per heavy atom. The van der Waals surface area contributed by atoms with Gasteiger partial charge in [0, 0.05) is 20.4 Å². The van der Waals surface area contributed by atoms with E-state index in [1.54, 1.807) is 17.4 Å². The van der Waals surface area contributed by atoms with Crippen LogP contribution in [0.15, 0.2) is 22.4 Å². The average Bonchev–Trinajstić information content (AvgIpc) is 2.35. The predicted molar refractivity (Wildman–Crippen MR) is 55.8 cm³/mol. The molecular formula is C8H5ClOS2. The Morgan fingerprint density at radius 3 is 2.92 bits per heavy atom. The highest BCUT2D eigenvalue weighted by Gasteiger charge is 2.05. The number of thiol groups is 1. The molecule has 62 valence electrons. The number of fused-ring (bicyclic) bond motifs is 1. The average molecular weight is 217 g/mol. The van der Waals surface area contributed by atoms with Crippen LogP contribution in [0.1, 0.15) is 0 Å². The Labute approximate surface area is 84.0 Å². The van der Waals surface area contributed by atoms with E-state index in [1.165, 1.54) is 0 Å². The first kappa shape index (κ1) is 8.23. The molecule has 0 unspecified atom stereocenters. The lowest BCUT2D eigenvalue weighted by molar-refractivity contribution is 0.464. The van der Waals surface area contributed by atoms with E-state index in [1.807, 2.05) is 11.4 Å². The number of phenolic OH excluding ortho intramolecular Hbond substituents is 1. The van der Waals surface area contributed by atoms with Crippen molar-refractivity contribution in [2.45, 2.75) is 4.90 Å². The quantitative estimate of drug-likeness (QED) is 0.646. The molecule has 0 aliphatic carbocycles. The molecule has 12 heavy (non-hydrogen) atoms. The van der Waals surface area contributed by atoms with Crippen molar-refractivity contribution in [1.29, 1.82) is 0 Å². The molecule has 1 aromatic carbocycles. The highest BCUT2D eigenvalue weighted by molar-refractivity contribution is 7.80. The van der Waals surface area contributed by atoms with Crippen molar-refractivity contribution < 1.29 is 5.11 Å². The topological polar surface area (TPSA) is 20.2 Å². The van der Waals surface area contributed by atoms with Gasteiger partial charge in [0.15, 0.2) is 0 Å². The SMILES string of the molecule is Oc1cc2c(Cl)csc2cc1S. The molecule has 1 N–H and O–H groups in total. The standard InChI is InChI=1S/C8H5ClOS2/c9-5-3-12-8-2-7(11)6(10)1-4(5)8/h1-3,10-11H. The van der Waals surface area contributed by atoms with E-state index in [0.717, 1.165) is 10.1 Å². The van der Waals surface area contributed by atoms with Gasteiger partial charge in [-0.15, -0.1) is 24.0 Å². The maximum atomic E-state index is 9.33. The predicted octanol–water partition coefficient (Wildman–Crippen LogP) is 3.55. The molecule has 0 saturated heterocycles. The van der Waals surface area contributed by atoms with Crippen molar-refractivity contribution in [3.8, 4) is 5.75 Å². The van der Waals surface area contributed by atoms with Crippen LogP contribution in [0.3, 0.4) is 0 Å². The molecule has 1 aromatic heterocycles. The normalized spacial score (nSPS) is 10.8. The maximum absolute atomic E-state index is 9.33. The molecule has 0 aliphatic heterocycles. The first-order chi connectivity index (χ1) is 5.68. The molecule has 0 bridgehead atoms. The molecule has 0 spiro atoms. The van der Waals surface area contributed by atoms with Crippen LogP contribution >= 0.6 is 35.6 Å². The van der Waals surface area contributed by atoms with Crippen LogP contribution in [0.5, 0.6) is 5.75 Å². The number of hydrogen-bond acceptors (Lipinski definition) is 3. The number of aromatic hydroxyl groups is 1. The summed E-state index contributed by atoms with van der Waals surface area (Å²) in [5.41, 5.74) is 0. The molecule has 0 atom stereocenters. The third-order valence-corrected chi connectivity index (χ3v) is 3.37. The third-order valence-electron chi connectivity index (χ3n) is 1.62. The van der Waals surface area contributed by atoms with Gasteiger partial charge in [0.1, 0.15) is 5.75 Å². The molecule has 0 amide bonds. The van der Waals surface area contributed by atoms with Gasteiger partial charge in [-0.2, -0.15) is 0 Å². The lowest BCUT2D eigenvalue weighted by atomic mass is 10.2. The van der Waals surface area contributed by atoms with Crippen LogP contribution in [0.25, 0.3) is 10.1 Å².